The average Bonchev–Trinajstić information content (AvgIpc) is 2.91. The molecule has 1 aliphatic rings. The Morgan fingerprint density at radius 2 is 2.33 bits per heavy atom. The van der Waals surface area contributed by atoms with Gasteiger partial charge in [0, 0.05) is 23.4 Å². The van der Waals surface area contributed by atoms with Gasteiger partial charge in [-0.05, 0) is 19.1 Å². The molecule has 5 heteroatoms. The molecule has 0 bridgehead atoms. The Bertz CT molecular complexity index is 678. The molecule has 1 aromatic heterocycles. The van der Waals surface area contributed by atoms with Gasteiger partial charge in [-0.15, -0.1) is 11.3 Å². The van der Waals surface area contributed by atoms with Gasteiger partial charge in [0.1, 0.15) is 5.75 Å². The number of hydrogen-bond acceptors (Lipinski definition) is 4. The Morgan fingerprint density at radius 3 is 3.14 bits per heavy atom. The van der Waals surface area contributed by atoms with Crippen LogP contribution in [0.25, 0.3) is 6.08 Å². The van der Waals surface area contributed by atoms with E-state index in [0.29, 0.717) is 6.61 Å². The van der Waals surface area contributed by atoms with Crippen LogP contribution in [0.15, 0.2) is 35.7 Å². The third-order valence-corrected chi connectivity index (χ3v) is 4.11. The zero-order valence-electron chi connectivity index (χ0n) is 11.7. The molecule has 0 spiro atoms. The average molecular weight is 300 g/mol. The van der Waals surface area contributed by atoms with Crippen molar-refractivity contribution in [2.45, 2.75) is 19.4 Å². The van der Waals surface area contributed by atoms with Crippen molar-refractivity contribution in [1.82, 2.24) is 10.3 Å². The van der Waals surface area contributed by atoms with Crippen LogP contribution in [0, 0.1) is 6.92 Å². The topological polar surface area (TPSA) is 51.2 Å². The lowest BCUT2D eigenvalue weighted by Gasteiger charge is -2.26. The van der Waals surface area contributed by atoms with Crippen molar-refractivity contribution < 1.29 is 9.53 Å². The molecule has 1 aliphatic heterocycles. The number of rotatable bonds is 3. The quantitative estimate of drug-likeness (QED) is 0.886. The first-order valence-corrected chi connectivity index (χ1v) is 7.73. The summed E-state index contributed by atoms with van der Waals surface area (Å²) in [6.45, 7) is 2.57. The van der Waals surface area contributed by atoms with Gasteiger partial charge < -0.3 is 10.1 Å². The van der Waals surface area contributed by atoms with Gasteiger partial charge in [-0.1, -0.05) is 18.2 Å². The van der Waals surface area contributed by atoms with Crippen LogP contribution in [-0.4, -0.2) is 17.5 Å². The molecule has 1 aromatic carbocycles. The number of nitrogens with one attached hydrogen (secondary N) is 1. The monoisotopic (exact) mass is 300 g/mol. The minimum absolute atomic E-state index is 0.00395. The molecule has 1 N–H and O–H groups in total. The number of thiazole rings is 1. The van der Waals surface area contributed by atoms with Crippen molar-refractivity contribution >= 4 is 23.3 Å². The van der Waals surface area contributed by atoms with Crippen LogP contribution in [0.3, 0.4) is 0 Å². The fourth-order valence-corrected chi connectivity index (χ4v) is 2.91. The van der Waals surface area contributed by atoms with Crippen LogP contribution in [-0.2, 0) is 4.79 Å². The highest BCUT2D eigenvalue weighted by Gasteiger charge is 2.21. The molecule has 2 aromatic rings. The number of aromatic nitrogens is 1. The summed E-state index contributed by atoms with van der Waals surface area (Å²) in [5, 5.41) is 5.95. The normalized spacial score (nSPS) is 17.3. The highest BCUT2D eigenvalue weighted by molar-refractivity contribution is 7.09. The van der Waals surface area contributed by atoms with Crippen LogP contribution < -0.4 is 10.1 Å². The third kappa shape index (κ3) is 3.31. The van der Waals surface area contributed by atoms with Gasteiger partial charge in [0.05, 0.1) is 23.4 Å². The molecule has 0 saturated heterocycles. The molecule has 2 heterocycles. The number of carbonyl (C=O) groups is 1. The van der Waals surface area contributed by atoms with Crippen LogP contribution in [0.2, 0.25) is 0 Å². The van der Waals surface area contributed by atoms with Crippen molar-refractivity contribution in [2.24, 2.45) is 0 Å². The molecule has 3 rings (SSSR count). The Labute approximate surface area is 127 Å². The molecule has 4 nitrogen and oxygen atoms in total. The lowest BCUT2D eigenvalue weighted by Crippen LogP contribution is -2.30. The number of ether oxygens (including phenoxy) is 1. The van der Waals surface area contributed by atoms with Gasteiger partial charge in [-0.3, -0.25) is 4.79 Å². The van der Waals surface area contributed by atoms with E-state index < -0.39 is 0 Å². The van der Waals surface area contributed by atoms with Gasteiger partial charge in [0.15, 0.2) is 0 Å². The van der Waals surface area contributed by atoms with E-state index >= 15 is 0 Å². The van der Waals surface area contributed by atoms with Crippen LogP contribution in [0.5, 0.6) is 5.75 Å². The third-order valence-electron chi connectivity index (χ3n) is 3.32. The fourth-order valence-electron chi connectivity index (χ4n) is 2.33. The lowest BCUT2D eigenvalue weighted by atomic mass is 10.0. The van der Waals surface area contributed by atoms with Gasteiger partial charge >= 0.3 is 0 Å². The van der Waals surface area contributed by atoms with E-state index in [-0.39, 0.29) is 11.9 Å². The van der Waals surface area contributed by atoms with Gasteiger partial charge in [-0.2, -0.15) is 0 Å². The zero-order valence-corrected chi connectivity index (χ0v) is 12.5. The number of para-hydroxylation sites is 1. The number of fused-ring (bicyclic) bond motifs is 1. The standard InChI is InChI=1S/C16H16N2O2S/c1-11-17-12(10-21-11)6-7-16(19)18-14-8-9-20-15-5-3-2-4-13(14)15/h2-7,10,14H,8-9H2,1H3,(H,18,19)/b7-6+. The second-order valence-electron chi connectivity index (χ2n) is 4.86. The SMILES string of the molecule is Cc1nc(/C=C/C(=O)NC2CCOc3ccccc32)cs1. The summed E-state index contributed by atoms with van der Waals surface area (Å²) in [5.41, 5.74) is 1.86. The maximum absolute atomic E-state index is 12.0. The van der Waals surface area contributed by atoms with Gasteiger partial charge in [0.25, 0.3) is 0 Å². The molecule has 1 amide bonds. The summed E-state index contributed by atoms with van der Waals surface area (Å²) in [7, 11) is 0. The van der Waals surface area contributed by atoms with Crippen molar-refractivity contribution in [3.05, 3.63) is 52.0 Å². The van der Waals surface area contributed by atoms with Gasteiger partial charge in [0.2, 0.25) is 5.91 Å². The van der Waals surface area contributed by atoms with E-state index in [9.17, 15) is 4.79 Å². The number of benzene rings is 1. The maximum atomic E-state index is 12.0. The molecule has 108 valence electrons. The van der Waals surface area contributed by atoms with Gasteiger partial charge in [-0.25, -0.2) is 4.98 Å². The second kappa shape index (κ2) is 6.10. The number of nitrogens with zero attached hydrogens (tertiary/aromatic N) is 1. The largest absolute Gasteiger partial charge is 0.493 e. The minimum atomic E-state index is -0.109. The van der Waals surface area contributed by atoms with E-state index in [1.54, 1.807) is 17.4 Å². The number of hydrogen-bond donors (Lipinski definition) is 1. The number of carbonyl (C=O) groups excluding carboxylic acids is 1. The molecule has 0 radical (unpaired) electrons. The number of amides is 1. The molecule has 0 aliphatic carbocycles. The number of aryl methyl sites for hydroxylation is 1. The van der Waals surface area contributed by atoms with Crippen LogP contribution in [0.4, 0.5) is 0 Å². The Kier molecular flexibility index (Phi) is 4.01. The summed E-state index contributed by atoms with van der Waals surface area (Å²) in [6.07, 6.45) is 4.06. The van der Waals surface area contributed by atoms with E-state index in [2.05, 4.69) is 10.3 Å². The summed E-state index contributed by atoms with van der Waals surface area (Å²) in [4.78, 5) is 16.3. The molecule has 0 saturated carbocycles. The first kappa shape index (κ1) is 13.8. The van der Waals surface area contributed by atoms with Crippen LogP contribution >= 0.6 is 11.3 Å². The predicted octanol–water partition coefficient (Wildman–Crippen LogP) is 3.10. The van der Waals surface area contributed by atoms with E-state index in [1.165, 1.54) is 6.08 Å². The van der Waals surface area contributed by atoms with E-state index in [4.69, 9.17) is 4.74 Å². The van der Waals surface area contributed by atoms with Crippen LogP contribution in [0.1, 0.15) is 28.7 Å². The summed E-state index contributed by atoms with van der Waals surface area (Å²) in [6, 6.07) is 7.83. The minimum Gasteiger partial charge on any atom is -0.493 e. The van der Waals surface area contributed by atoms with Crippen molar-refractivity contribution in [3.63, 3.8) is 0 Å². The molecular weight excluding hydrogens is 284 g/mol. The maximum Gasteiger partial charge on any atom is 0.244 e. The first-order valence-electron chi connectivity index (χ1n) is 6.85. The highest BCUT2D eigenvalue weighted by atomic mass is 32.1. The zero-order chi connectivity index (χ0) is 14.7. The Morgan fingerprint density at radius 1 is 1.48 bits per heavy atom. The second-order valence-corrected chi connectivity index (χ2v) is 5.92. The lowest BCUT2D eigenvalue weighted by molar-refractivity contribution is -0.117. The Hall–Kier alpha value is -2.14. The summed E-state index contributed by atoms with van der Waals surface area (Å²) in [5.74, 6) is 0.746. The van der Waals surface area contributed by atoms with E-state index in [1.807, 2.05) is 36.6 Å². The Balaban J connectivity index is 1.67. The first-order chi connectivity index (χ1) is 10.2. The van der Waals surface area contributed by atoms with E-state index in [0.717, 1.165) is 28.4 Å². The summed E-state index contributed by atoms with van der Waals surface area (Å²) < 4.78 is 5.59. The summed E-state index contributed by atoms with van der Waals surface area (Å²) >= 11 is 1.57. The highest BCUT2D eigenvalue weighted by Crippen LogP contribution is 2.31. The van der Waals surface area contributed by atoms with Crippen molar-refractivity contribution in [1.29, 1.82) is 0 Å². The predicted molar refractivity (Wildman–Crippen MR) is 83.3 cm³/mol. The van der Waals surface area contributed by atoms with Crippen molar-refractivity contribution in [3.8, 4) is 5.75 Å². The molecular formula is C16H16N2O2S. The molecule has 1 atom stereocenters. The fraction of sp³-hybridized carbons (Fsp3) is 0.250. The smallest absolute Gasteiger partial charge is 0.244 e. The molecule has 21 heavy (non-hydrogen) atoms. The van der Waals surface area contributed by atoms with Crippen molar-refractivity contribution in [2.75, 3.05) is 6.61 Å². The molecule has 1 unspecified atom stereocenters. The molecule has 0 fully saturated rings.